The largest absolute Gasteiger partial charge is 0.495 e. The van der Waals surface area contributed by atoms with E-state index in [1.54, 1.807) is 7.11 Å². The predicted octanol–water partition coefficient (Wildman–Crippen LogP) is 5.55. The molecule has 0 bridgehead atoms. The van der Waals surface area contributed by atoms with E-state index in [1.165, 1.54) is 17.3 Å². The maximum atomic E-state index is 13.1. The van der Waals surface area contributed by atoms with Gasteiger partial charge < -0.3 is 14.6 Å². The van der Waals surface area contributed by atoms with Gasteiger partial charge in [-0.1, -0.05) is 79.3 Å². The number of nitrogens with one attached hydrogen (secondary N) is 1. The number of fused-ring (bicyclic) bond motifs is 3. The number of carbonyl (C=O) groups is 1. The van der Waals surface area contributed by atoms with Crippen molar-refractivity contribution >= 4 is 45.4 Å². The topological polar surface area (TPSA) is 81.9 Å². The molecule has 1 amide bonds. The number of aromatic nitrogens is 4. The molecule has 0 radical (unpaired) electrons. The second kappa shape index (κ2) is 10.1. The van der Waals surface area contributed by atoms with Crippen LogP contribution < -0.4 is 10.1 Å². The number of methoxy groups -OCH3 is 1. The number of benzene rings is 3. The smallest absolute Gasteiger partial charge is 0.238 e. The summed E-state index contributed by atoms with van der Waals surface area (Å²) in [5, 5.41) is 13.0. The number of thioether (sulfide) groups is 1. The number of hydrogen-bond acceptors (Lipinski definition) is 6. The van der Waals surface area contributed by atoms with Crippen molar-refractivity contribution in [3.05, 3.63) is 84.4 Å². The molecule has 0 fully saturated rings. The fourth-order valence-corrected chi connectivity index (χ4v) is 4.89. The lowest BCUT2D eigenvalue weighted by Crippen LogP contribution is -2.25. The standard InChI is InChI=1S/C27H25N5O2S/c1-3-23(26(33)28-20-14-8-10-16-22(20)34-2)35-27-29-25-24(30-31-27)19-13-7-9-15-21(19)32(25)17-18-11-5-4-6-12-18/h4-16,23H,3,17H2,1-2H3,(H,28,33). The second-order valence-electron chi connectivity index (χ2n) is 8.06. The molecule has 8 heteroatoms. The minimum Gasteiger partial charge on any atom is -0.495 e. The molecule has 35 heavy (non-hydrogen) atoms. The first kappa shape index (κ1) is 22.9. The summed E-state index contributed by atoms with van der Waals surface area (Å²) < 4.78 is 7.52. The number of nitrogens with zero attached hydrogens (tertiary/aromatic N) is 4. The van der Waals surface area contributed by atoms with Crippen LogP contribution in [0.4, 0.5) is 5.69 Å². The van der Waals surface area contributed by atoms with Crippen LogP contribution >= 0.6 is 11.8 Å². The molecule has 0 saturated carbocycles. The van der Waals surface area contributed by atoms with Gasteiger partial charge in [0.05, 0.1) is 23.6 Å². The first-order valence-electron chi connectivity index (χ1n) is 11.4. The Morgan fingerprint density at radius 2 is 1.74 bits per heavy atom. The van der Waals surface area contributed by atoms with Crippen LogP contribution in [0.1, 0.15) is 18.9 Å². The SMILES string of the molecule is CCC(Sc1nnc2c3ccccc3n(Cc3ccccc3)c2n1)C(=O)Nc1ccccc1OC. The lowest BCUT2D eigenvalue weighted by Gasteiger charge is -2.15. The van der Waals surface area contributed by atoms with E-state index in [0.717, 1.165) is 22.1 Å². The quantitative estimate of drug-likeness (QED) is 0.292. The highest BCUT2D eigenvalue weighted by molar-refractivity contribution is 8.00. The van der Waals surface area contributed by atoms with Crippen molar-refractivity contribution in [1.82, 2.24) is 19.7 Å². The van der Waals surface area contributed by atoms with Crippen molar-refractivity contribution in [3.63, 3.8) is 0 Å². The van der Waals surface area contributed by atoms with E-state index in [1.807, 2.05) is 67.6 Å². The van der Waals surface area contributed by atoms with Crippen LogP contribution in [0.2, 0.25) is 0 Å². The fraction of sp³-hybridized carbons (Fsp3) is 0.185. The molecule has 5 rings (SSSR count). The summed E-state index contributed by atoms with van der Waals surface area (Å²) in [5.74, 6) is 0.487. The third-order valence-corrected chi connectivity index (χ3v) is 7.03. The zero-order valence-electron chi connectivity index (χ0n) is 19.5. The van der Waals surface area contributed by atoms with E-state index < -0.39 is 0 Å². The molecule has 176 valence electrons. The molecule has 0 aliphatic rings. The van der Waals surface area contributed by atoms with E-state index in [4.69, 9.17) is 9.72 Å². The summed E-state index contributed by atoms with van der Waals surface area (Å²) in [5.41, 5.74) is 4.37. The third kappa shape index (κ3) is 4.70. The highest BCUT2D eigenvalue weighted by Gasteiger charge is 2.22. The third-order valence-electron chi connectivity index (χ3n) is 5.81. The number of amides is 1. The Kier molecular flexibility index (Phi) is 6.63. The van der Waals surface area contributed by atoms with Gasteiger partial charge in [-0.3, -0.25) is 4.79 Å². The Hall–Kier alpha value is -3.91. The van der Waals surface area contributed by atoms with Crippen LogP contribution in [-0.2, 0) is 11.3 Å². The first-order chi connectivity index (χ1) is 17.2. The molecule has 1 unspecified atom stereocenters. The van der Waals surface area contributed by atoms with Crippen LogP contribution in [0.15, 0.2) is 84.0 Å². The van der Waals surface area contributed by atoms with Gasteiger partial charge >= 0.3 is 0 Å². The van der Waals surface area contributed by atoms with Crippen molar-refractivity contribution in [1.29, 1.82) is 0 Å². The van der Waals surface area contributed by atoms with Gasteiger partial charge in [-0.2, -0.15) is 0 Å². The van der Waals surface area contributed by atoms with Gasteiger partial charge in [0.25, 0.3) is 0 Å². The van der Waals surface area contributed by atoms with Crippen molar-refractivity contribution in [2.24, 2.45) is 0 Å². The fourth-order valence-electron chi connectivity index (χ4n) is 4.08. The summed E-state index contributed by atoms with van der Waals surface area (Å²) in [4.78, 5) is 17.9. The zero-order valence-corrected chi connectivity index (χ0v) is 20.3. The summed E-state index contributed by atoms with van der Waals surface area (Å²) in [6.07, 6.45) is 0.611. The predicted molar refractivity (Wildman–Crippen MR) is 140 cm³/mol. The monoisotopic (exact) mass is 483 g/mol. The Morgan fingerprint density at radius 1 is 1.00 bits per heavy atom. The molecule has 1 atom stereocenters. The highest BCUT2D eigenvalue weighted by atomic mass is 32.2. The van der Waals surface area contributed by atoms with Crippen LogP contribution in [0.25, 0.3) is 22.1 Å². The van der Waals surface area contributed by atoms with Gasteiger partial charge in [-0.15, -0.1) is 10.2 Å². The van der Waals surface area contributed by atoms with Crippen LogP contribution in [-0.4, -0.2) is 38.0 Å². The van der Waals surface area contributed by atoms with Crippen LogP contribution in [0, 0.1) is 0 Å². The van der Waals surface area contributed by atoms with E-state index >= 15 is 0 Å². The van der Waals surface area contributed by atoms with E-state index in [0.29, 0.717) is 29.6 Å². The van der Waals surface area contributed by atoms with E-state index in [-0.39, 0.29) is 11.2 Å². The number of anilines is 1. The van der Waals surface area contributed by atoms with Gasteiger partial charge in [-0.05, 0) is 30.2 Å². The molecule has 7 nitrogen and oxygen atoms in total. The van der Waals surface area contributed by atoms with Gasteiger partial charge in [0.2, 0.25) is 11.1 Å². The highest BCUT2D eigenvalue weighted by Crippen LogP contribution is 2.30. The maximum Gasteiger partial charge on any atom is 0.238 e. The molecule has 5 aromatic rings. The Bertz CT molecular complexity index is 1490. The average Bonchev–Trinajstić information content (AvgIpc) is 3.21. The minimum atomic E-state index is -0.383. The molecular weight excluding hydrogens is 458 g/mol. The normalized spacial score (nSPS) is 12.1. The van der Waals surface area contributed by atoms with Crippen molar-refractivity contribution in [2.75, 3.05) is 12.4 Å². The molecule has 0 aliphatic carbocycles. The van der Waals surface area contributed by atoms with Gasteiger partial charge in [-0.25, -0.2) is 4.98 Å². The molecule has 0 spiro atoms. The molecule has 0 saturated heterocycles. The molecule has 0 aliphatic heterocycles. The van der Waals surface area contributed by atoms with Crippen molar-refractivity contribution in [3.8, 4) is 5.75 Å². The van der Waals surface area contributed by atoms with Crippen molar-refractivity contribution < 1.29 is 9.53 Å². The van der Waals surface area contributed by atoms with Gasteiger partial charge in [0.1, 0.15) is 11.3 Å². The van der Waals surface area contributed by atoms with E-state index in [2.05, 4.69) is 38.3 Å². The number of ether oxygens (including phenoxy) is 1. The van der Waals surface area contributed by atoms with E-state index in [9.17, 15) is 4.79 Å². The summed E-state index contributed by atoms with van der Waals surface area (Å²) in [7, 11) is 1.58. The Morgan fingerprint density at radius 3 is 2.54 bits per heavy atom. The average molecular weight is 484 g/mol. The number of para-hydroxylation sites is 3. The summed E-state index contributed by atoms with van der Waals surface area (Å²) >= 11 is 1.32. The maximum absolute atomic E-state index is 13.1. The molecule has 2 aromatic heterocycles. The Balaban J connectivity index is 1.47. The van der Waals surface area contributed by atoms with Crippen molar-refractivity contribution in [2.45, 2.75) is 30.3 Å². The lowest BCUT2D eigenvalue weighted by molar-refractivity contribution is -0.115. The minimum absolute atomic E-state index is 0.129. The second-order valence-corrected chi connectivity index (χ2v) is 9.23. The zero-order chi connectivity index (χ0) is 24.2. The lowest BCUT2D eigenvalue weighted by atomic mass is 10.2. The Labute approximate surface area is 207 Å². The molecular formula is C27H25N5O2S. The number of hydrogen-bond donors (Lipinski definition) is 1. The molecule has 1 N–H and O–H groups in total. The van der Waals surface area contributed by atoms with Crippen LogP contribution in [0.3, 0.4) is 0 Å². The summed E-state index contributed by atoms with van der Waals surface area (Å²) in [6, 6.07) is 25.7. The number of rotatable bonds is 8. The molecule has 2 heterocycles. The summed E-state index contributed by atoms with van der Waals surface area (Å²) in [6.45, 7) is 2.64. The van der Waals surface area contributed by atoms with Gasteiger partial charge in [0, 0.05) is 11.9 Å². The molecule has 3 aromatic carbocycles. The number of carbonyl (C=O) groups excluding carboxylic acids is 1. The van der Waals surface area contributed by atoms with Crippen LogP contribution in [0.5, 0.6) is 5.75 Å². The van der Waals surface area contributed by atoms with Gasteiger partial charge in [0.15, 0.2) is 5.65 Å². The first-order valence-corrected chi connectivity index (χ1v) is 12.3.